The molecule has 0 radical (unpaired) electrons. The average molecular weight is 313 g/mol. The van der Waals surface area contributed by atoms with Crippen molar-refractivity contribution in [1.82, 2.24) is 0 Å². The smallest absolute Gasteiger partial charge is 0.213 e. The Hall–Kier alpha value is -3.12. The highest BCUT2D eigenvalue weighted by atomic mass is 16.3. The lowest BCUT2D eigenvalue weighted by molar-refractivity contribution is -0.660. The van der Waals surface area contributed by atoms with Crippen molar-refractivity contribution in [1.29, 1.82) is 5.26 Å². The second kappa shape index (κ2) is 5.21. The molecule has 0 amide bonds. The van der Waals surface area contributed by atoms with Gasteiger partial charge in [0.2, 0.25) is 5.69 Å². The van der Waals surface area contributed by atoms with E-state index in [2.05, 4.69) is 36.6 Å². The second-order valence-corrected chi connectivity index (χ2v) is 6.16. The summed E-state index contributed by atoms with van der Waals surface area (Å²) in [6, 6.07) is 16.2. The molecule has 24 heavy (non-hydrogen) atoms. The minimum absolute atomic E-state index is 0.648. The van der Waals surface area contributed by atoms with E-state index in [0.717, 1.165) is 33.2 Å². The zero-order valence-electron chi connectivity index (χ0n) is 13.9. The van der Waals surface area contributed by atoms with Crippen LogP contribution in [0.25, 0.3) is 33.2 Å². The summed E-state index contributed by atoms with van der Waals surface area (Å²) in [6.45, 7) is 4.23. The van der Waals surface area contributed by atoms with Gasteiger partial charge in [0.05, 0.1) is 17.2 Å². The number of hydrogen-bond donors (Lipinski definition) is 0. The summed E-state index contributed by atoms with van der Waals surface area (Å²) in [5, 5.41) is 11.5. The molecule has 0 unspecified atom stereocenters. The Bertz CT molecular complexity index is 1150. The monoisotopic (exact) mass is 313 g/mol. The maximum Gasteiger partial charge on any atom is 0.213 e. The first kappa shape index (κ1) is 14.5. The topological polar surface area (TPSA) is 40.8 Å². The SMILES string of the molecule is Cc1cc2oc3cccc(C#N)c3c2c(-c2cccc[n+]2C)c1C. The fraction of sp³-hybridized carbons (Fsp3) is 0.143. The zero-order valence-corrected chi connectivity index (χ0v) is 13.9. The molecule has 4 aromatic rings. The molecule has 0 fully saturated rings. The Morgan fingerprint density at radius 2 is 1.83 bits per heavy atom. The number of aryl methyl sites for hydroxylation is 2. The van der Waals surface area contributed by atoms with Crippen LogP contribution in [0.3, 0.4) is 0 Å². The van der Waals surface area contributed by atoms with Crippen molar-refractivity contribution in [2.24, 2.45) is 7.05 Å². The lowest BCUT2D eigenvalue weighted by Gasteiger charge is -2.09. The van der Waals surface area contributed by atoms with Crippen LogP contribution in [0.15, 0.2) is 53.1 Å². The van der Waals surface area contributed by atoms with E-state index < -0.39 is 0 Å². The van der Waals surface area contributed by atoms with Gasteiger partial charge in [-0.1, -0.05) is 6.07 Å². The molecule has 2 heterocycles. The lowest BCUT2D eigenvalue weighted by Crippen LogP contribution is -2.30. The zero-order chi connectivity index (χ0) is 16.8. The van der Waals surface area contributed by atoms with E-state index in [0.29, 0.717) is 5.56 Å². The predicted octanol–water partition coefficient (Wildman–Crippen LogP) is 4.57. The predicted molar refractivity (Wildman–Crippen MR) is 94.5 cm³/mol. The largest absolute Gasteiger partial charge is 0.456 e. The van der Waals surface area contributed by atoms with Crippen molar-refractivity contribution in [3.05, 3.63) is 65.4 Å². The van der Waals surface area contributed by atoms with Crippen LogP contribution in [-0.2, 0) is 7.05 Å². The summed E-state index contributed by atoms with van der Waals surface area (Å²) in [5.41, 5.74) is 6.87. The highest BCUT2D eigenvalue weighted by Crippen LogP contribution is 2.40. The molecule has 0 saturated carbocycles. The van der Waals surface area contributed by atoms with Gasteiger partial charge in [0, 0.05) is 22.9 Å². The molecule has 0 N–H and O–H groups in total. The van der Waals surface area contributed by atoms with Gasteiger partial charge >= 0.3 is 0 Å². The number of rotatable bonds is 1. The highest BCUT2D eigenvalue weighted by Gasteiger charge is 2.22. The summed E-state index contributed by atoms with van der Waals surface area (Å²) >= 11 is 0. The van der Waals surface area contributed by atoms with Gasteiger partial charge in [-0.2, -0.15) is 5.26 Å². The Morgan fingerprint density at radius 1 is 1.00 bits per heavy atom. The molecule has 2 aromatic carbocycles. The van der Waals surface area contributed by atoms with E-state index in [4.69, 9.17) is 4.42 Å². The Morgan fingerprint density at radius 3 is 2.58 bits per heavy atom. The Labute approximate surface area is 140 Å². The van der Waals surface area contributed by atoms with Crippen LogP contribution >= 0.6 is 0 Å². The van der Waals surface area contributed by atoms with Crippen molar-refractivity contribution in [2.75, 3.05) is 0 Å². The van der Waals surface area contributed by atoms with Crippen molar-refractivity contribution < 1.29 is 8.98 Å². The molecule has 116 valence electrons. The molecule has 4 rings (SSSR count). The summed E-state index contributed by atoms with van der Waals surface area (Å²) in [5.74, 6) is 0. The normalized spacial score (nSPS) is 11.1. The second-order valence-electron chi connectivity index (χ2n) is 6.16. The van der Waals surface area contributed by atoms with Gasteiger partial charge in [0.15, 0.2) is 6.20 Å². The van der Waals surface area contributed by atoms with Crippen LogP contribution in [0.2, 0.25) is 0 Å². The minimum atomic E-state index is 0.648. The first-order chi connectivity index (χ1) is 11.6. The Balaban J connectivity index is 2.30. The van der Waals surface area contributed by atoms with E-state index in [1.54, 1.807) is 0 Å². The number of aromatic nitrogens is 1. The summed E-state index contributed by atoms with van der Waals surface area (Å²) < 4.78 is 8.18. The van der Waals surface area contributed by atoms with Gasteiger partial charge in [0.25, 0.3) is 0 Å². The van der Waals surface area contributed by atoms with Crippen LogP contribution in [0.4, 0.5) is 0 Å². The molecule has 0 atom stereocenters. The number of benzene rings is 2. The maximum atomic E-state index is 9.56. The summed E-state index contributed by atoms with van der Waals surface area (Å²) in [7, 11) is 2.04. The Kier molecular flexibility index (Phi) is 3.14. The quantitative estimate of drug-likeness (QED) is 0.483. The molecule has 3 nitrogen and oxygen atoms in total. The molecule has 0 spiro atoms. The van der Waals surface area contributed by atoms with Crippen LogP contribution in [0, 0.1) is 25.2 Å². The van der Waals surface area contributed by atoms with Gasteiger partial charge < -0.3 is 4.42 Å². The summed E-state index contributed by atoms with van der Waals surface area (Å²) in [4.78, 5) is 0. The number of fused-ring (bicyclic) bond motifs is 3. The lowest BCUT2D eigenvalue weighted by atomic mass is 9.93. The minimum Gasteiger partial charge on any atom is -0.456 e. The molecule has 0 saturated heterocycles. The van der Waals surface area contributed by atoms with Crippen LogP contribution in [0.5, 0.6) is 0 Å². The number of pyridine rings is 1. The molecular weight excluding hydrogens is 296 g/mol. The number of hydrogen-bond acceptors (Lipinski definition) is 2. The first-order valence-electron chi connectivity index (χ1n) is 7.92. The maximum absolute atomic E-state index is 9.56. The number of nitriles is 1. The molecule has 0 aliphatic carbocycles. The third-order valence-electron chi connectivity index (χ3n) is 4.74. The number of furan rings is 1. The van der Waals surface area contributed by atoms with Crippen molar-refractivity contribution in [3.63, 3.8) is 0 Å². The number of nitrogens with zero attached hydrogens (tertiary/aromatic N) is 2. The third kappa shape index (κ3) is 1.93. The fourth-order valence-corrected chi connectivity index (χ4v) is 3.40. The molecule has 3 heteroatoms. The van der Waals surface area contributed by atoms with Gasteiger partial charge in [-0.15, -0.1) is 0 Å². The average Bonchev–Trinajstić information content (AvgIpc) is 2.95. The first-order valence-corrected chi connectivity index (χ1v) is 7.92. The van der Waals surface area contributed by atoms with Crippen molar-refractivity contribution >= 4 is 21.9 Å². The van der Waals surface area contributed by atoms with Crippen LogP contribution in [0.1, 0.15) is 16.7 Å². The molecule has 0 bridgehead atoms. The molecule has 0 aliphatic rings. The molecule has 2 aromatic heterocycles. The van der Waals surface area contributed by atoms with Gasteiger partial charge in [-0.3, -0.25) is 0 Å². The van der Waals surface area contributed by atoms with E-state index in [1.807, 2.05) is 43.6 Å². The standard InChI is InChI=1S/C21H17N2O/c1-13-11-18-21(20-15(12-22)7-6-9-17(20)24-18)19(14(13)2)16-8-4-5-10-23(16)3/h4-11H,1-3H3/q+1. The van der Waals surface area contributed by atoms with E-state index in [1.165, 1.54) is 11.1 Å². The molecule has 0 aliphatic heterocycles. The van der Waals surface area contributed by atoms with Crippen LogP contribution in [-0.4, -0.2) is 0 Å². The van der Waals surface area contributed by atoms with E-state index in [9.17, 15) is 5.26 Å². The molecular formula is C21H17N2O+. The van der Waals surface area contributed by atoms with E-state index in [-0.39, 0.29) is 0 Å². The fourth-order valence-electron chi connectivity index (χ4n) is 3.40. The van der Waals surface area contributed by atoms with E-state index >= 15 is 0 Å². The van der Waals surface area contributed by atoms with Gasteiger partial charge in [-0.25, -0.2) is 4.57 Å². The highest BCUT2D eigenvalue weighted by molar-refractivity contribution is 6.14. The van der Waals surface area contributed by atoms with Gasteiger partial charge in [0.1, 0.15) is 18.2 Å². The van der Waals surface area contributed by atoms with Crippen molar-refractivity contribution in [3.8, 4) is 17.3 Å². The summed E-state index contributed by atoms with van der Waals surface area (Å²) in [6.07, 6.45) is 2.04. The van der Waals surface area contributed by atoms with Crippen molar-refractivity contribution in [2.45, 2.75) is 13.8 Å². The third-order valence-corrected chi connectivity index (χ3v) is 4.74. The van der Waals surface area contributed by atoms with Crippen LogP contribution < -0.4 is 4.57 Å². The van der Waals surface area contributed by atoms with Gasteiger partial charge in [-0.05, 0) is 49.2 Å².